The Kier molecular flexibility index (Phi) is 6.29. The van der Waals surface area contributed by atoms with Crippen molar-refractivity contribution in [3.8, 4) is 11.5 Å². The van der Waals surface area contributed by atoms with Crippen LogP contribution in [0.2, 0.25) is 5.02 Å². The summed E-state index contributed by atoms with van der Waals surface area (Å²) in [7, 11) is 3.15. The van der Waals surface area contributed by atoms with Gasteiger partial charge in [-0.3, -0.25) is 4.79 Å². The second-order valence-corrected chi connectivity index (χ2v) is 6.29. The molecule has 0 saturated heterocycles. The minimum atomic E-state index is -0.183. The maximum atomic E-state index is 12.1. The highest BCUT2D eigenvalue weighted by Gasteiger charge is 2.08. The highest BCUT2D eigenvalue weighted by Crippen LogP contribution is 2.30. The van der Waals surface area contributed by atoms with Gasteiger partial charge in [0.15, 0.2) is 23.1 Å². The number of hydrogen-bond acceptors (Lipinski definition) is 6. The molecular formula is C20H19ClN4O3. The lowest BCUT2D eigenvalue weighted by molar-refractivity contribution is -0.115. The highest BCUT2D eigenvalue weighted by atomic mass is 35.5. The van der Waals surface area contributed by atoms with Gasteiger partial charge >= 0.3 is 0 Å². The van der Waals surface area contributed by atoms with Gasteiger partial charge in [-0.25, -0.2) is 0 Å². The number of methoxy groups -OCH3 is 2. The molecular weight excluding hydrogens is 380 g/mol. The molecule has 0 unspecified atom stereocenters. The first-order valence-corrected chi connectivity index (χ1v) is 8.82. The molecule has 0 saturated carbocycles. The zero-order valence-electron chi connectivity index (χ0n) is 15.4. The number of hydrogen-bond donors (Lipinski definition) is 2. The maximum absolute atomic E-state index is 12.1. The molecule has 1 aromatic heterocycles. The fourth-order valence-electron chi connectivity index (χ4n) is 2.50. The Hall–Kier alpha value is -3.32. The van der Waals surface area contributed by atoms with E-state index >= 15 is 0 Å². The first kappa shape index (κ1) is 19.4. The summed E-state index contributed by atoms with van der Waals surface area (Å²) in [5, 5.41) is 14.6. The molecule has 3 rings (SSSR count). The van der Waals surface area contributed by atoms with Gasteiger partial charge in [-0.05, 0) is 42.0 Å². The average Bonchev–Trinajstić information content (AvgIpc) is 2.71. The normalized spacial score (nSPS) is 10.2. The maximum Gasteiger partial charge on any atom is 0.229 e. The number of nitrogens with zero attached hydrogens (tertiary/aromatic N) is 2. The van der Waals surface area contributed by atoms with Crippen molar-refractivity contribution < 1.29 is 14.3 Å². The molecule has 0 bridgehead atoms. The Morgan fingerprint density at radius 1 is 0.929 bits per heavy atom. The van der Waals surface area contributed by atoms with Gasteiger partial charge in [-0.2, -0.15) is 0 Å². The number of amides is 1. The number of aromatic nitrogens is 2. The van der Waals surface area contributed by atoms with Gasteiger partial charge < -0.3 is 20.1 Å². The molecule has 1 heterocycles. The standard InChI is InChI=1S/C20H19ClN4O3/c1-27-16-8-7-15(12-17(16)28-2)22-18-9-10-19(25-24-18)23-20(26)11-13-3-5-14(21)6-4-13/h3-10,12H,11H2,1-2H3,(H,22,24)(H,23,25,26). The van der Waals surface area contributed by atoms with Crippen molar-refractivity contribution in [1.82, 2.24) is 10.2 Å². The molecule has 2 aromatic carbocycles. The number of carbonyl (C=O) groups excluding carboxylic acids is 1. The quantitative estimate of drug-likeness (QED) is 0.624. The minimum Gasteiger partial charge on any atom is -0.493 e. The van der Waals surface area contributed by atoms with Crippen molar-refractivity contribution in [2.24, 2.45) is 0 Å². The van der Waals surface area contributed by atoms with Gasteiger partial charge in [0, 0.05) is 16.8 Å². The van der Waals surface area contributed by atoms with E-state index in [1.54, 1.807) is 50.6 Å². The predicted molar refractivity (Wildman–Crippen MR) is 109 cm³/mol. The molecule has 0 aliphatic rings. The molecule has 0 fully saturated rings. The summed E-state index contributed by atoms with van der Waals surface area (Å²) < 4.78 is 10.5. The summed E-state index contributed by atoms with van der Waals surface area (Å²) in [6.07, 6.45) is 0.227. The number of rotatable bonds is 7. The van der Waals surface area contributed by atoms with Crippen molar-refractivity contribution in [2.75, 3.05) is 24.9 Å². The number of ether oxygens (including phenoxy) is 2. The number of carbonyl (C=O) groups is 1. The SMILES string of the molecule is COc1ccc(Nc2ccc(NC(=O)Cc3ccc(Cl)cc3)nn2)cc1OC. The van der Waals surface area contributed by atoms with Crippen LogP contribution in [0.1, 0.15) is 5.56 Å². The summed E-state index contributed by atoms with van der Waals surface area (Å²) >= 11 is 5.84. The van der Waals surface area contributed by atoms with Gasteiger partial charge in [0.05, 0.1) is 20.6 Å². The molecule has 2 N–H and O–H groups in total. The molecule has 28 heavy (non-hydrogen) atoms. The first-order chi connectivity index (χ1) is 13.6. The summed E-state index contributed by atoms with van der Waals surface area (Å²) in [6.45, 7) is 0. The summed E-state index contributed by atoms with van der Waals surface area (Å²) in [6, 6.07) is 15.9. The molecule has 144 valence electrons. The van der Waals surface area contributed by atoms with E-state index in [2.05, 4.69) is 20.8 Å². The fourth-order valence-corrected chi connectivity index (χ4v) is 2.63. The van der Waals surface area contributed by atoms with Crippen molar-refractivity contribution >= 4 is 34.8 Å². The summed E-state index contributed by atoms with van der Waals surface area (Å²) in [5.41, 5.74) is 1.63. The number of nitrogens with one attached hydrogen (secondary N) is 2. The Morgan fingerprint density at radius 2 is 1.61 bits per heavy atom. The molecule has 0 aliphatic heterocycles. The topological polar surface area (TPSA) is 85.4 Å². The first-order valence-electron chi connectivity index (χ1n) is 8.44. The van der Waals surface area contributed by atoms with Crippen LogP contribution in [0.3, 0.4) is 0 Å². The van der Waals surface area contributed by atoms with Crippen LogP contribution in [0.5, 0.6) is 11.5 Å². The average molecular weight is 399 g/mol. The molecule has 0 atom stereocenters. The zero-order valence-corrected chi connectivity index (χ0v) is 16.2. The Balaban J connectivity index is 1.60. The van der Waals surface area contributed by atoms with E-state index in [9.17, 15) is 4.79 Å². The van der Waals surface area contributed by atoms with Gasteiger partial charge in [0.25, 0.3) is 0 Å². The Labute approximate surface area is 167 Å². The van der Waals surface area contributed by atoms with E-state index in [1.165, 1.54) is 0 Å². The second-order valence-electron chi connectivity index (χ2n) is 5.85. The largest absolute Gasteiger partial charge is 0.493 e. The van der Waals surface area contributed by atoms with E-state index in [-0.39, 0.29) is 12.3 Å². The van der Waals surface area contributed by atoms with Crippen LogP contribution in [0, 0.1) is 0 Å². The van der Waals surface area contributed by atoms with E-state index in [0.29, 0.717) is 28.2 Å². The number of anilines is 3. The Morgan fingerprint density at radius 3 is 2.25 bits per heavy atom. The van der Waals surface area contributed by atoms with Gasteiger partial charge in [-0.1, -0.05) is 23.7 Å². The molecule has 1 amide bonds. The minimum absolute atomic E-state index is 0.183. The highest BCUT2D eigenvalue weighted by molar-refractivity contribution is 6.30. The van der Waals surface area contributed by atoms with Crippen molar-refractivity contribution in [3.63, 3.8) is 0 Å². The molecule has 7 nitrogen and oxygen atoms in total. The lowest BCUT2D eigenvalue weighted by Gasteiger charge is -2.11. The third kappa shape index (κ3) is 5.11. The fraction of sp³-hybridized carbons (Fsp3) is 0.150. The van der Waals surface area contributed by atoms with Crippen LogP contribution in [-0.4, -0.2) is 30.3 Å². The Bertz CT molecular complexity index is 947. The van der Waals surface area contributed by atoms with Crippen molar-refractivity contribution in [3.05, 3.63) is 65.2 Å². The van der Waals surface area contributed by atoms with Crippen molar-refractivity contribution in [1.29, 1.82) is 0 Å². The van der Waals surface area contributed by atoms with Crippen LogP contribution >= 0.6 is 11.6 Å². The number of halogens is 1. The second kappa shape index (κ2) is 9.05. The predicted octanol–water partition coefficient (Wildman–Crippen LogP) is 4.07. The number of benzene rings is 2. The lowest BCUT2D eigenvalue weighted by Crippen LogP contribution is -2.15. The zero-order chi connectivity index (χ0) is 19.9. The van der Waals surface area contributed by atoms with E-state index in [0.717, 1.165) is 11.3 Å². The summed E-state index contributed by atoms with van der Waals surface area (Å²) in [5.74, 6) is 1.96. The smallest absolute Gasteiger partial charge is 0.229 e. The van der Waals surface area contributed by atoms with E-state index in [1.807, 2.05) is 18.2 Å². The lowest BCUT2D eigenvalue weighted by atomic mass is 10.1. The van der Waals surface area contributed by atoms with E-state index < -0.39 is 0 Å². The molecule has 8 heteroatoms. The monoisotopic (exact) mass is 398 g/mol. The van der Waals surface area contributed by atoms with Gasteiger partial charge in [0.2, 0.25) is 5.91 Å². The summed E-state index contributed by atoms with van der Waals surface area (Å²) in [4.78, 5) is 12.1. The van der Waals surface area contributed by atoms with Gasteiger partial charge in [-0.15, -0.1) is 10.2 Å². The third-order valence-corrected chi connectivity index (χ3v) is 4.12. The van der Waals surface area contributed by atoms with Crippen LogP contribution in [0.4, 0.5) is 17.3 Å². The molecule has 0 radical (unpaired) electrons. The molecule has 3 aromatic rings. The van der Waals surface area contributed by atoms with E-state index in [4.69, 9.17) is 21.1 Å². The van der Waals surface area contributed by atoms with Crippen molar-refractivity contribution in [2.45, 2.75) is 6.42 Å². The van der Waals surface area contributed by atoms with Crippen LogP contribution in [0.15, 0.2) is 54.6 Å². The van der Waals surface area contributed by atoms with Crippen LogP contribution < -0.4 is 20.1 Å². The molecule has 0 spiro atoms. The van der Waals surface area contributed by atoms with Crippen LogP contribution in [-0.2, 0) is 11.2 Å². The van der Waals surface area contributed by atoms with Crippen LogP contribution in [0.25, 0.3) is 0 Å². The third-order valence-electron chi connectivity index (χ3n) is 3.87. The van der Waals surface area contributed by atoms with Gasteiger partial charge in [0.1, 0.15) is 0 Å². The molecule has 0 aliphatic carbocycles.